The van der Waals surface area contributed by atoms with Crippen molar-refractivity contribution in [2.75, 3.05) is 10.6 Å². The summed E-state index contributed by atoms with van der Waals surface area (Å²) in [4.78, 5) is 24.4. The summed E-state index contributed by atoms with van der Waals surface area (Å²) < 4.78 is 25.8. The van der Waals surface area contributed by atoms with Crippen LogP contribution in [0.2, 0.25) is 0 Å². The maximum absolute atomic E-state index is 12.9. The number of H-pyrrole nitrogens is 1. The second kappa shape index (κ2) is 8.57. The molecule has 0 spiro atoms. The van der Waals surface area contributed by atoms with Gasteiger partial charge in [0.1, 0.15) is 11.3 Å². The topological polar surface area (TPSA) is 117 Å². The van der Waals surface area contributed by atoms with E-state index in [0.29, 0.717) is 42.1 Å². The van der Waals surface area contributed by atoms with Gasteiger partial charge in [0.05, 0.1) is 21.3 Å². The molecule has 5 rings (SSSR count). The fourth-order valence-electron chi connectivity index (χ4n) is 4.09. The van der Waals surface area contributed by atoms with Crippen LogP contribution in [-0.2, 0) is 27.5 Å². The lowest BCUT2D eigenvalue weighted by Gasteiger charge is -2.17. The molecule has 4 aromatic rings. The zero-order chi connectivity index (χ0) is 23.9. The maximum Gasteiger partial charge on any atom is 0.224 e. The number of aryl methyl sites for hydroxylation is 1. The largest absolute Gasteiger partial charge is 0.357 e. The summed E-state index contributed by atoms with van der Waals surface area (Å²) in [6.45, 7) is 3.34. The van der Waals surface area contributed by atoms with Gasteiger partial charge in [-0.1, -0.05) is 24.3 Å². The number of carbonyl (C=O) groups is 1. The standard InChI is InChI=1S/C25H25N5O3S/c1-15(2)34(32,33)21-6-4-3-5-19(21)29-25-24-20(11-12-26-24)27-22(30-25)14-16-7-9-18-17(13-16)8-10-23(31)28-18/h3-7,9,11-13,15,26H,8,10,14H2,1-2H3,(H,28,31)(H,27,29,30). The van der Waals surface area contributed by atoms with Crippen molar-refractivity contribution in [3.63, 3.8) is 0 Å². The third-order valence-corrected chi connectivity index (χ3v) is 8.16. The van der Waals surface area contributed by atoms with Crippen LogP contribution in [0.1, 0.15) is 37.2 Å². The van der Waals surface area contributed by atoms with Crippen molar-refractivity contribution in [2.24, 2.45) is 0 Å². The number of carbonyl (C=O) groups excluding carboxylic acids is 1. The van der Waals surface area contributed by atoms with E-state index in [1.54, 1.807) is 44.3 Å². The smallest absolute Gasteiger partial charge is 0.224 e. The fraction of sp³-hybridized carbons (Fsp3) is 0.240. The van der Waals surface area contributed by atoms with Crippen LogP contribution < -0.4 is 10.6 Å². The van der Waals surface area contributed by atoms with Gasteiger partial charge >= 0.3 is 0 Å². The molecule has 2 aromatic heterocycles. The highest BCUT2D eigenvalue weighted by Gasteiger charge is 2.23. The molecule has 8 nitrogen and oxygen atoms in total. The number of aromatic nitrogens is 3. The molecule has 0 aliphatic carbocycles. The Hall–Kier alpha value is -3.72. The molecule has 174 valence electrons. The van der Waals surface area contributed by atoms with E-state index in [1.807, 2.05) is 18.2 Å². The summed E-state index contributed by atoms with van der Waals surface area (Å²) >= 11 is 0. The molecule has 0 bridgehead atoms. The molecule has 0 saturated heterocycles. The predicted molar refractivity (Wildman–Crippen MR) is 132 cm³/mol. The molecule has 34 heavy (non-hydrogen) atoms. The van der Waals surface area contributed by atoms with Crippen molar-refractivity contribution in [1.29, 1.82) is 0 Å². The van der Waals surface area contributed by atoms with Gasteiger partial charge in [-0.05, 0) is 55.7 Å². The SMILES string of the molecule is CC(C)S(=O)(=O)c1ccccc1Nc1nc(Cc2ccc3c(c2)CCC(=O)N3)nc2cc[nH]c12. The van der Waals surface area contributed by atoms with E-state index in [0.717, 1.165) is 22.3 Å². The number of hydrogen-bond donors (Lipinski definition) is 3. The molecule has 0 saturated carbocycles. The van der Waals surface area contributed by atoms with E-state index in [1.165, 1.54) is 0 Å². The average Bonchev–Trinajstić information content (AvgIpc) is 3.28. The number of aromatic amines is 1. The monoisotopic (exact) mass is 475 g/mol. The number of fused-ring (bicyclic) bond motifs is 2. The van der Waals surface area contributed by atoms with E-state index < -0.39 is 15.1 Å². The predicted octanol–water partition coefficient (Wildman–Crippen LogP) is 4.36. The molecule has 0 atom stereocenters. The van der Waals surface area contributed by atoms with E-state index in [2.05, 4.69) is 26.7 Å². The number of nitrogens with zero attached hydrogens (tertiary/aromatic N) is 2. The zero-order valence-corrected chi connectivity index (χ0v) is 19.7. The van der Waals surface area contributed by atoms with Crippen LogP contribution in [0, 0.1) is 0 Å². The molecular formula is C25H25N5O3S. The Bertz CT molecular complexity index is 1510. The number of benzene rings is 2. The first kappa shape index (κ1) is 22.1. The third kappa shape index (κ3) is 4.14. The van der Waals surface area contributed by atoms with Crippen molar-refractivity contribution in [2.45, 2.75) is 43.3 Å². The van der Waals surface area contributed by atoms with Crippen LogP contribution >= 0.6 is 0 Å². The average molecular weight is 476 g/mol. The molecule has 0 unspecified atom stereocenters. The minimum absolute atomic E-state index is 0.0389. The van der Waals surface area contributed by atoms with Gasteiger partial charge in [0.15, 0.2) is 15.7 Å². The molecule has 0 radical (unpaired) electrons. The molecule has 3 N–H and O–H groups in total. The van der Waals surface area contributed by atoms with Crippen molar-refractivity contribution < 1.29 is 13.2 Å². The van der Waals surface area contributed by atoms with Gasteiger partial charge in [0, 0.05) is 24.7 Å². The van der Waals surface area contributed by atoms with E-state index in [4.69, 9.17) is 4.98 Å². The highest BCUT2D eigenvalue weighted by atomic mass is 32.2. The normalized spacial score (nSPS) is 13.7. The van der Waals surface area contributed by atoms with Crippen LogP contribution in [0.15, 0.2) is 59.6 Å². The zero-order valence-electron chi connectivity index (χ0n) is 18.9. The van der Waals surface area contributed by atoms with Crippen molar-refractivity contribution >= 4 is 44.0 Å². The number of amides is 1. The summed E-state index contributed by atoms with van der Waals surface area (Å²) in [5.41, 5.74) is 4.91. The van der Waals surface area contributed by atoms with Gasteiger partial charge in [0.2, 0.25) is 5.91 Å². The number of nitrogens with one attached hydrogen (secondary N) is 3. The third-order valence-electron chi connectivity index (χ3n) is 5.95. The fourth-order valence-corrected chi connectivity index (χ4v) is 5.29. The summed E-state index contributed by atoms with van der Waals surface area (Å²) in [5, 5.41) is 5.59. The molecule has 2 aromatic carbocycles. The van der Waals surface area contributed by atoms with Crippen LogP contribution in [0.25, 0.3) is 11.0 Å². The lowest BCUT2D eigenvalue weighted by Crippen LogP contribution is -2.19. The van der Waals surface area contributed by atoms with Crippen LogP contribution in [-0.4, -0.2) is 34.5 Å². The number of hydrogen-bond acceptors (Lipinski definition) is 6. The first-order valence-electron chi connectivity index (χ1n) is 11.2. The second-order valence-corrected chi connectivity index (χ2v) is 11.1. The molecule has 9 heteroatoms. The first-order valence-corrected chi connectivity index (χ1v) is 12.7. The van der Waals surface area contributed by atoms with Crippen LogP contribution in [0.5, 0.6) is 0 Å². The maximum atomic E-state index is 12.9. The number of para-hydroxylation sites is 1. The van der Waals surface area contributed by atoms with Gasteiger partial charge in [-0.3, -0.25) is 4.79 Å². The van der Waals surface area contributed by atoms with Crippen LogP contribution in [0.3, 0.4) is 0 Å². The van der Waals surface area contributed by atoms with Crippen molar-refractivity contribution in [3.05, 3.63) is 71.7 Å². The molecular weight excluding hydrogens is 450 g/mol. The Morgan fingerprint density at radius 1 is 1.06 bits per heavy atom. The quantitative estimate of drug-likeness (QED) is 0.382. The van der Waals surface area contributed by atoms with Crippen LogP contribution in [0.4, 0.5) is 17.2 Å². The minimum Gasteiger partial charge on any atom is -0.357 e. The number of anilines is 3. The van der Waals surface area contributed by atoms with Gasteiger partial charge in [-0.2, -0.15) is 0 Å². The molecule has 1 aliphatic rings. The van der Waals surface area contributed by atoms with E-state index >= 15 is 0 Å². The van der Waals surface area contributed by atoms with Crippen molar-refractivity contribution in [3.8, 4) is 0 Å². The Labute approximate surface area is 197 Å². The highest BCUT2D eigenvalue weighted by molar-refractivity contribution is 7.92. The van der Waals surface area contributed by atoms with Gasteiger partial charge in [-0.25, -0.2) is 18.4 Å². The summed E-state index contributed by atoms with van der Waals surface area (Å²) in [6.07, 6.45) is 3.48. The molecule has 1 amide bonds. The molecule has 1 aliphatic heterocycles. The minimum atomic E-state index is -3.48. The number of sulfone groups is 1. The summed E-state index contributed by atoms with van der Waals surface area (Å²) in [7, 11) is -3.48. The van der Waals surface area contributed by atoms with Gasteiger partial charge < -0.3 is 15.6 Å². The summed E-state index contributed by atoms with van der Waals surface area (Å²) in [6, 6.07) is 14.7. The second-order valence-electron chi connectivity index (χ2n) is 8.66. The summed E-state index contributed by atoms with van der Waals surface area (Å²) in [5.74, 6) is 1.16. The number of rotatable bonds is 6. The van der Waals surface area contributed by atoms with Crippen molar-refractivity contribution in [1.82, 2.24) is 15.0 Å². The van der Waals surface area contributed by atoms with E-state index in [-0.39, 0.29) is 10.8 Å². The van der Waals surface area contributed by atoms with E-state index in [9.17, 15) is 13.2 Å². The first-order chi connectivity index (χ1) is 16.3. The molecule has 0 fully saturated rings. The van der Waals surface area contributed by atoms with Gasteiger partial charge in [-0.15, -0.1) is 0 Å². The Morgan fingerprint density at radius 2 is 1.88 bits per heavy atom. The van der Waals surface area contributed by atoms with Gasteiger partial charge in [0.25, 0.3) is 0 Å². The molecule has 3 heterocycles. The Balaban J connectivity index is 1.50. The highest BCUT2D eigenvalue weighted by Crippen LogP contribution is 2.30. The lowest BCUT2D eigenvalue weighted by atomic mass is 9.99. The lowest BCUT2D eigenvalue weighted by molar-refractivity contribution is -0.116. The Morgan fingerprint density at radius 3 is 2.71 bits per heavy atom. The Kier molecular flexibility index (Phi) is 5.57.